The Morgan fingerprint density at radius 2 is 2.08 bits per heavy atom. The number of ether oxygens (including phenoxy) is 2. The predicted octanol–water partition coefficient (Wildman–Crippen LogP) is 2.60. The van der Waals surface area contributed by atoms with E-state index in [1.165, 1.54) is 0 Å². The molecule has 0 bridgehead atoms. The van der Waals surface area contributed by atoms with Gasteiger partial charge in [0.05, 0.1) is 18.8 Å². The van der Waals surface area contributed by atoms with Crippen molar-refractivity contribution in [2.24, 2.45) is 11.8 Å². The molecule has 1 saturated heterocycles. The summed E-state index contributed by atoms with van der Waals surface area (Å²) in [5, 5.41) is 10.3. The zero-order chi connectivity index (χ0) is 17.1. The first-order chi connectivity index (χ1) is 11.6. The van der Waals surface area contributed by atoms with Crippen LogP contribution in [0.15, 0.2) is 42.5 Å². The Labute approximate surface area is 142 Å². The van der Waals surface area contributed by atoms with Crippen LogP contribution in [0.2, 0.25) is 0 Å². The van der Waals surface area contributed by atoms with Gasteiger partial charge in [-0.05, 0) is 17.4 Å². The number of carbonyl (C=O) groups excluding carboxylic acids is 1. The fourth-order valence-corrected chi connectivity index (χ4v) is 3.27. The number of fused-ring (bicyclic) bond motifs is 1. The molecular formula is C19H25NO4. The van der Waals surface area contributed by atoms with Gasteiger partial charge in [-0.2, -0.15) is 0 Å². The normalized spacial score (nSPS) is 29.4. The van der Waals surface area contributed by atoms with Crippen molar-refractivity contribution in [3.8, 4) is 0 Å². The molecule has 0 aromatic heterocycles. The topological polar surface area (TPSA) is 59.0 Å². The molecule has 3 rings (SSSR count). The molecule has 2 aliphatic rings. The average molecular weight is 331 g/mol. The maximum atomic E-state index is 12.7. The molecule has 0 aliphatic carbocycles. The zero-order valence-electron chi connectivity index (χ0n) is 14.2. The Morgan fingerprint density at radius 3 is 2.79 bits per heavy atom. The summed E-state index contributed by atoms with van der Waals surface area (Å²) in [6.45, 7) is 5.25. The highest BCUT2D eigenvalue weighted by Gasteiger charge is 2.44. The van der Waals surface area contributed by atoms with E-state index in [1.807, 2.05) is 36.4 Å². The van der Waals surface area contributed by atoms with Gasteiger partial charge >= 0.3 is 6.09 Å². The Balaban J connectivity index is 1.73. The van der Waals surface area contributed by atoms with Gasteiger partial charge < -0.3 is 14.6 Å². The molecule has 2 aliphatic heterocycles. The average Bonchev–Trinajstić information content (AvgIpc) is 2.82. The molecule has 1 aromatic rings. The molecule has 5 nitrogen and oxygen atoms in total. The van der Waals surface area contributed by atoms with Crippen LogP contribution in [0.4, 0.5) is 4.79 Å². The third-order valence-corrected chi connectivity index (χ3v) is 4.80. The Kier molecular flexibility index (Phi) is 5.21. The first-order valence-corrected chi connectivity index (χ1v) is 8.51. The van der Waals surface area contributed by atoms with Gasteiger partial charge in [0, 0.05) is 6.54 Å². The number of hydrogen-bond donors (Lipinski definition) is 1. The minimum Gasteiger partial charge on any atom is -0.445 e. The monoisotopic (exact) mass is 331 g/mol. The van der Waals surface area contributed by atoms with Crippen molar-refractivity contribution in [3.05, 3.63) is 48.0 Å². The summed E-state index contributed by atoms with van der Waals surface area (Å²) in [6.07, 6.45) is 2.73. The van der Waals surface area contributed by atoms with Crippen LogP contribution in [0.5, 0.6) is 0 Å². The van der Waals surface area contributed by atoms with E-state index in [4.69, 9.17) is 9.47 Å². The van der Waals surface area contributed by atoms with Crippen LogP contribution in [0.25, 0.3) is 0 Å². The fraction of sp³-hybridized carbons (Fsp3) is 0.526. The summed E-state index contributed by atoms with van der Waals surface area (Å²) in [4.78, 5) is 14.3. The van der Waals surface area contributed by atoms with E-state index in [0.717, 1.165) is 5.56 Å². The molecule has 1 N–H and O–H groups in total. The smallest absolute Gasteiger partial charge is 0.410 e. The van der Waals surface area contributed by atoms with Crippen molar-refractivity contribution in [1.29, 1.82) is 0 Å². The van der Waals surface area contributed by atoms with Crippen LogP contribution in [0.1, 0.15) is 19.4 Å². The van der Waals surface area contributed by atoms with Crippen LogP contribution in [0, 0.1) is 11.8 Å². The van der Waals surface area contributed by atoms with E-state index >= 15 is 0 Å². The lowest BCUT2D eigenvalue weighted by Crippen LogP contribution is -2.50. The molecule has 5 heteroatoms. The fourth-order valence-electron chi connectivity index (χ4n) is 3.27. The van der Waals surface area contributed by atoms with Gasteiger partial charge in [-0.1, -0.05) is 56.3 Å². The summed E-state index contributed by atoms with van der Waals surface area (Å²) in [7, 11) is 0. The number of aliphatic hydroxyl groups is 1. The van der Waals surface area contributed by atoms with Crippen molar-refractivity contribution in [2.75, 3.05) is 13.2 Å². The second-order valence-electron chi connectivity index (χ2n) is 6.84. The first kappa shape index (κ1) is 17.0. The summed E-state index contributed by atoms with van der Waals surface area (Å²) in [5.74, 6) is 0.609. The molecule has 2 heterocycles. The third kappa shape index (κ3) is 3.62. The minimum absolute atomic E-state index is 0.218. The highest BCUT2D eigenvalue weighted by atomic mass is 16.6. The summed E-state index contributed by atoms with van der Waals surface area (Å²) < 4.78 is 11.1. The maximum absolute atomic E-state index is 12.7. The van der Waals surface area contributed by atoms with Gasteiger partial charge in [0.15, 0.2) is 0 Å². The molecule has 4 atom stereocenters. The summed E-state index contributed by atoms with van der Waals surface area (Å²) in [5.41, 5.74) is 0.943. The third-order valence-electron chi connectivity index (χ3n) is 4.80. The zero-order valence-corrected chi connectivity index (χ0v) is 14.2. The van der Waals surface area contributed by atoms with Crippen molar-refractivity contribution in [1.82, 2.24) is 4.90 Å². The van der Waals surface area contributed by atoms with Gasteiger partial charge in [0.2, 0.25) is 0 Å². The molecule has 1 unspecified atom stereocenters. The van der Waals surface area contributed by atoms with E-state index in [0.29, 0.717) is 12.5 Å². The first-order valence-electron chi connectivity index (χ1n) is 8.51. The van der Waals surface area contributed by atoms with Gasteiger partial charge in [-0.15, -0.1) is 0 Å². The molecule has 1 amide bonds. The Hall–Kier alpha value is -1.85. The largest absolute Gasteiger partial charge is 0.445 e. The molecular weight excluding hydrogens is 306 g/mol. The van der Waals surface area contributed by atoms with Gasteiger partial charge in [0.1, 0.15) is 12.7 Å². The number of carbonyl (C=O) groups is 1. The van der Waals surface area contributed by atoms with Crippen molar-refractivity contribution in [2.45, 2.75) is 38.7 Å². The predicted molar refractivity (Wildman–Crippen MR) is 90.3 cm³/mol. The quantitative estimate of drug-likeness (QED) is 0.865. The number of aliphatic hydroxyl groups excluding tert-OH is 1. The highest BCUT2D eigenvalue weighted by Crippen LogP contribution is 2.29. The molecule has 130 valence electrons. The van der Waals surface area contributed by atoms with Gasteiger partial charge in [-0.25, -0.2) is 4.79 Å². The molecule has 1 aromatic carbocycles. The van der Waals surface area contributed by atoms with Gasteiger partial charge in [0.25, 0.3) is 0 Å². The number of benzene rings is 1. The van der Waals surface area contributed by atoms with E-state index in [2.05, 4.69) is 19.9 Å². The van der Waals surface area contributed by atoms with Gasteiger partial charge in [-0.3, -0.25) is 4.90 Å². The van der Waals surface area contributed by atoms with Crippen LogP contribution < -0.4 is 0 Å². The second-order valence-corrected chi connectivity index (χ2v) is 6.84. The van der Waals surface area contributed by atoms with Crippen molar-refractivity contribution < 1.29 is 19.4 Å². The van der Waals surface area contributed by atoms with E-state index < -0.39 is 12.2 Å². The molecule has 0 radical (unpaired) electrons. The minimum atomic E-state index is -0.685. The number of amides is 1. The van der Waals surface area contributed by atoms with Crippen LogP contribution in [-0.2, 0) is 16.1 Å². The lowest BCUT2D eigenvalue weighted by Gasteiger charge is -2.32. The van der Waals surface area contributed by atoms with Crippen molar-refractivity contribution >= 4 is 6.09 Å². The maximum Gasteiger partial charge on any atom is 0.410 e. The lowest BCUT2D eigenvalue weighted by molar-refractivity contribution is 0.0386. The Morgan fingerprint density at radius 1 is 1.33 bits per heavy atom. The van der Waals surface area contributed by atoms with E-state index in [9.17, 15) is 9.90 Å². The second kappa shape index (κ2) is 7.36. The number of nitrogens with zero attached hydrogens (tertiary/aromatic N) is 1. The molecule has 0 spiro atoms. The lowest BCUT2D eigenvalue weighted by atomic mass is 9.95. The van der Waals surface area contributed by atoms with Crippen LogP contribution in [0.3, 0.4) is 0 Å². The molecule has 24 heavy (non-hydrogen) atoms. The van der Waals surface area contributed by atoms with Crippen LogP contribution in [-0.4, -0.2) is 47.5 Å². The summed E-state index contributed by atoms with van der Waals surface area (Å²) >= 11 is 0. The van der Waals surface area contributed by atoms with E-state index in [1.54, 1.807) is 4.90 Å². The van der Waals surface area contributed by atoms with Crippen molar-refractivity contribution in [3.63, 3.8) is 0 Å². The Bertz CT molecular complexity index is 586. The number of hydrogen-bond acceptors (Lipinski definition) is 4. The molecule has 1 fully saturated rings. The summed E-state index contributed by atoms with van der Waals surface area (Å²) in [6, 6.07) is 9.22. The highest BCUT2D eigenvalue weighted by molar-refractivity contribution is 5.68. The standard InChI is InChI=1S/C19H25NO4/c1-13(2)15-8-9-17-18(16(21)12-23-17)20(10-15)19(22)24-11-14-6-4-3-5-7-14/h3-9,13,15-18,21H,10-12H2,1-2H3/t15-,16-,17?,18+/m0/s1. The molecule has 0 saturated carbocycles. The van der Waals surface area contributed by atoms with E-state index in [-0.39, 0.29) is 31.3 Å². The van der Waals surface area contributed by atoms with Crippen LogP contribution >= 0.6 is 0 Å². The number of rotatable bonds is 3. The SMILES string of the molecule is CC(C)[C@H]1C=CC2OC[C@H](O)[C@H]2N(C(=O)OCc2ccccc2)C1.